The summed E-state index contributed by atoms with van der Waals surface area (Å²) in [7, 11) is 0. The van der Waals surface area contributed by atoms with Gasteiger partial charge in [-0.3, -0.25) is 4.79 Å². The largest absolute Gasteiger partial charge is 0.343 e. The Labute approximate surface area is 115 Å². The van der Waals surface area contributed by atoms with Gasteiger partial charge in [0.1, 0.15) is 5.69 Å². The number of aromatic nitrogens is 7. The zero-order chi connectivity index (χ0) is 13.4. The molecule has 8 nitrogen and oxygen atoms in total. The van der Waals surface area contributed by atoms with Crippen LogP contribution in [0.3, 0.4) is 0 Å². The quantitative estimate of drug-likeness (QED) is 0.759. The van der Waals surface area contributed by atoms with Gasteiger partial charge >= 0.3 is 0 Å². The summed E-state index contributed by atoms with van der Waals surface area (Å²) in [5.41, 5.74) is 1.40. The molecule has 0 spiro atoms. The summed E-state index contributed by atoms with van der Waals surface area (Å²) in [6.45, 7) is 2.86. The van der Waals surface area contributed by atoms with E-state index in [2.05, 4.69) is 41.2 Å². The van der Waals surface area contributed by atoms with E-state index in [0.717, 1.165) is 0 Å². The fourth-order valence-electron chi connectivity index (χ4n) is 1.73. The van der Waals surface area contributed by atoms with E-state index in [-0.39, 0.29) is 12.1 Å². The van der Waals surface area contributed by atoms with Crippen molar-refractivity contribution in [2.24, 2.45) is 0 Å². The zero-order valence-electron chi connectivity index (χ0n) is 10.0. The van der Waals surface area contributed by atoms with Crippen LogP contribution in [0.2, 0.25) is 0 Å². The van der Waals surface area contributed by atoms with Crippen LogP contribution < -0.4 is 5.56 Å². The van der Waals surface area contributed by atoms with Gasteiger partial charge in [0.25, 0.3) is 5.56 Å². The Morgan fingerprint density at radius 2 is 2.26 bits per heavy atom. The SMILES string of the molecule is CCn1nc(Br)c(Cn2ncc3[nH]cnc3c2=O)n1. The predicted octanol–water partition coefficient (Wildman–Crippen LogP) is 0.542. The van der Waals surface area contributed by atoms with Crippen LogP contribution >= 0.6 is 15.9 Å². The lowest BCUT2D eigenvalue weighted by Crippen LogP contribution is -2.23. The lowest BCUT2D eigenvalue weighted by atomic mass is 10.4. The minimum Gasteiger partial charge on any atom is -0.343 e. The van der Waals surface area contributed by atoms with Crippen molar-refractivity contribution >= 4 is 27.0 Å². The van der Waals surface area contributed by atoms with Crippen LogP contribution in [0.5, 0.6) is 0 Å². The van der Waals surface area contributed by atoms with Crippen LogP contribution in [-0.2, 0) is 13.1 Å². The van der Waals surface area contributed by atoms with E-state index in [9.17, 15) is 4.79 Å². The van der Waals surface area contributed by atoms with E-state index < -0.39 is 0 Å². The molecule has 9 heteroatoms. The van der Waals surface area contributed by atoms with Crippen molar-refractivity contribution in [2.75, 3.05) is 0 Å². The third-order valence-electron chi connectivity index (χ3n) is 2.69. The minimum absolute atomic E-state index is 0.252. The lowest BCUT2D eigenvalue weighted by molar-refractivity contribution is 0.552. The van der Waals surface area contributed by atoms with Gasteiger partial charge in [0, 0.05) is 0 Å². The van der Waals surface area contributed by atoms with Gasteiger partial charge < -0.3 is 4.98 Å². The van der Waals surface area contributed by atoms with Crippen molar-refractivity contribution in [2.45, 2.75) is 20.0 Å². The van der Waals surface area contributed by atoms with Crippen LogP contribution in [0.4, 0.5) is 0 Å². The van der Waals surface area contributed by atoms with Crippen LogP contribution in [0.1, 0.15) is 12.6 Å². The molecule has 0 unspecified atom stereocenters. The molecule has 0 aliphatic heterocycles. The number of nitrogens with one attached hydrogen (secondary N) is 1. The van der Waals surface area contributed by atoms with Gasteiger partial charge in [-0.15, -0.1) is 5.10 Å². The highest BCUT2D eigenvalue weighted by molar-refractivity contribution is 9.10. The first kappa shape index (κ1) is 12.0. The van der Waals surface area contributed by atoms with E-state index in [1.165, 1.54) is 11.0 Å². The Morgan fingerprint density at radius 3 is 3.00 bits per heavy atom. The number of aromatic amines is 1. The molecular weight excluding hydrogens is 314 g/mol. The van der Waals surface area contributed by atoms with Crippen LogP contribution in [-0.4, -0.2) is 34.7 Å². The second kappa shape index (κ2) is 4.57. The van der Waals surface area contributed by atoms with Gasteiger partial charge in [-0.1, -0.05) is 0 Å². The minimum atomic E-state index is -0.253. The summed E-state index contributed by atoms with van der Waals surface area (Å²) in [5.74, 6) is 0. The van der Waals surface area contributed by atoms with Gasteiger partial charge in [-0.2, -0.15) is 15.0 Å². The summed E-state index contributed by atoms with van der Waals surface area (Å²) in [4.78, 5) is 20.5. The fourth-order valence-corrected chi connectivity index (χ4v) is 2.12. The summed E-state index contributed by atoms with van der Waals surface area (Å²) >= 11 is 3.32. The Morgan fingerprint density at radius 1 is 1.42 bits per heavy atom. The maximum atomic E-state index is 12.1. The average molecular weight is 324 g/mol. The van der Waals surface area contributed by atoms with Crippen molar-refractivity contribution in [1.82, 2.24) is 34.7 Å². The van der Waals surface area contributed by atoms with Gasteiger partial charge in [0.15, 0.2) is 10.1 Å². The molecule has 3 rings (SSSR count). The second-order valence-corrected chi connectivity index (χ2v) is 4.65. The highest BCUT2D eigenvalue weighted by Crippen LogP contribution is 2.11. The standard InChI is InChI=1S/C10H10BrN7O/c1-2-18-15-7(9(11)16-18)4-17-10(19)8-6(3-14-17)12-5-13-8/h3,5H,2,4H2,1H3,(H,12,13). The summed E-state index contributed by atoms with van der Waals surface area (Å²) in [5, 5.41) is 12.5. The zero-order valence-corrected chi connectivity index (χ0v) is 11.6. The molecule has 0 aliphatic carbocycles. The average Bonchev–Trinajstić information content (AvgIpc) is 3.00. The predicted molar refractivity (Wildman–Crippen MR) is 70.6 cm³/mol. The third kappa shape index (κ3) is 2.05. The number of halogens is 1. The van der Waals surface area contributed by atoms with E-state index in [1.54, 1.807) is 11.0 Å². The van der Waals surface area contributed by atoms with Crippen molar-refractivity contribution in [3.8, 4) is 0 Å². The first-order valence-electron chi connectivity index (χ1n) is 5.67. The highest BCUT2D eigenvalue weighted by atomic mass is 79.9. The number of imidazole rings is 1. The van der Waals surface area contributed by atoms with Crippen molar-refractivity contribution in [3.05, 3.63) is 33.2 Å². The van der Waals surface area contributed by atoms with Gasteiger partial charge in [-0.05, 0) is 22.9 Å². The van der Waals surface area contributed by atoms with Crippen LogP contribution in [0, 0.1) is 0 Å². The molecule has 0 amide bonds. The number of hydrogen-bond donors (Lipinski definition) is 1. The first-order chi connectivity index (χ1) is 9.19. The molecular formula is C10H10BrN7O. The highest BCUT2D eigenvalue weighted by Gasteiger charge is 2.12. The van der Waals surface area contributed by atoms with E-state index in [0.29, 0.717) is 27.9 Å². The number of rotatable bonds is 3. The summed E-state index contributed by atoms with van der Waals surface area (Å²) in [6.07, 6.45) is 3.04. The molecule has 3 aromatic rings. The van der Waals surface area contributed by atoms with Crippen molar-refractivity contribution in [1.29, 1.82) is 0 Å². The molecule has 0 atom stereocenters. The monoisotopic (exact) mass is 323 g/mol. The number of fused-ring (bicyclic) bond motifs is 1. The van der Waals surface area contributed by atoms with Gasteiger partial charge in [-0.25, -0.2) is 9.67 Å². The van der Waals surface area contributed by atoms with Gasteiger partial charge in [0.2, 0.25) is 0 Å². The smallest absolute Gasteiger partial charge is 0.295 e. The molecule has 98 valence electrons. The van der Waals surface area contributed by atoms with Crippen molar-refractivity contribution < 1.29 is 0 Å². The van der Waals surface area contributed by atoms with Crippen molar-refractivity contribution in [3.63, 3.8) is 0 Å². The third-order valence-corrected chi connectivity index (χ3v) is 3.31. The molecule has 0 saturated heterocycles. The Hall–Kier alpha value is -2.03. The molecule has 3 heterocycles. The Kier molecular flexibility index (Phi) is 2.90. The fraction of sp³-hybridized carbons (Fsp3) is 0.300. The molecule has 0 saturated carbocycles. The molecule has 0 radical (unpaired) electrons. The van der Waals surface area contributed by atoms with Crippen LogP contribution in [0.25, 0.3) is 11.0 Å². The van der Waals surface area contributed by atoms with E-state index in [4.69, 9.17) is 0 Å². The maximum absolute atomic E-state index is 12.1. The number of H-pyrrole nitrogens is 1. The molecule has 0 aromatic carbocycles. The normalized spacial score (nSPS) is 11.3. The number of aryl methyl sites for hydroxylation is 1. The molecule has 0 aliphatic rings. The second-order valence-electron chi connectivity index (χ2n) is 3.90. The number of hydrogen-bond acceptors (Lipinski definition) is 5. The number of nitrogens with zero attached hydrogens (tertiary/aromatic N) is 6. The first-order valence-corrected chi connectivity index (χ1v) is 6.47. The molecule has 1 N–H and O–H groups in total. The maximum Gasteiger partial charge on any atom is 0.295 e. The Bertz CT molecular complexity index is 787. The lowest BCUT2D eigenvalue weighted by Gasteiger charge is -2.01. The summed E-state index contributed by atoms with van der Waals surface area (Å²) < 4.78 is 1.93. The molecule has 19 heavy (non-hydrogen) atoms. The Balaban J connectivity index is 2.02. The van der Waals surface area contributed by atoms with Crippen LogP contribution in [0.15, 0.2) is 21.9 Å². The van der Waals surface area contributed by atoms with E-state index >= 15 is 0 Å². The molecule has 3 aromatic heterocycles. The molecule has 0 fully saturated rings. The van der Waals surface area contributed by atoms with E-state index in [1.807, 2.05) is 6.92 Å². The summed E-state index contributed by atoms with van der Waals surface area (Å²) in [6, 6.07) is 0. The topological polar surface area (TPSA) is 94.3 Å². The molecule has 0 bridgehead atoms. The van der Waals surface area contributed by atoms with Gasteiger partial charge in [0.05, 0.1) is 31.1 Å².